The number of halogens is 2. The molecule has 5 heteroatoms. The molecule has 20 heavy (non-hydrogen) atoms. The predicted molar refractivity (Wildman–Crippen MR) is 83.7 cm³/mol. The first-order valence-electron chi connectivity index (χ1n) is 7.13. The Morgan fingerprint density at radius 1 is 1.00 bits per heavy atom. The highest BCUT2D eigenvalue weighted by molar-refractivity contribution is 7.82. The van der Waals surface area contributed by atoms with Gasteiger partial charge in [0.2, 0.25) is 5.52 Å². The molecular formula is C15H17Cl2O2P. The average molecular weight is 331 g/mol. The minimum Gasteiger partial charge on any atom is -0.315 e. The van der Waals surface area contributed by atoms with Crippen molar-refractivity contribution >= 4 is 35.9 Å². The second kappa shape index (κ2) is 5.48. The van der Waals surface area contributed by atoms with E-state index in [9.17, 15) is 9.36 Å². The van der Waals surface area contributed by atoms with Gasteiger partial charge in [-0.1, -0.05) is 42.1 Å². The second-order valence-electron chi connectivity index (χ2n) is 5.78. The van der Waals surface area contributed by atoms with Crippen LogP contribution in [-0.2, 0) is 4.57 Å². The molecule has 0 N–H and O–H groups in total. The van der Waals surface area contributed by atoms with E-state index in [4.69, 9.17) is 23.2 Å². The minimum atomic E-state index is -2.90. The molecule has 108 valence electrons. The van der Waals surface area contributed by atoms with Crippen molar-refractivity contribution in [2.45, 2.75) is 49.8 Å². The van der Waals surface area contributed by atoms with Crippen molar-refractivity contribution < 1.29 is 9.36 Å². The molecule has 2 aliphatic heterocycles. The Kier molecular flexibility index (Phi) is 4.01. The third-order valence-corrected chi connectivity index (χ3v) is 9.42. The lowest BCUT2D eigenvalue weighted by molar-refractivity contribution is 0.106. The molecule has 0 radical (unpaired) electrons. The summed E-state index contributed by atoms with van der Waals surface area (Å²) in [6.45, 7) is 0. The van der Waals surface area contributed by atoms with E-state index >= 15 is 0 Å². The predicted octanol–water partition coefficient (Wildman–Crippen LogP) is 5.60. The van der Waals surface area contributed by atoms with E-state index in [0.29, 0.717) is 10.0 Å². The van der Waals surface area contributed by atoms with Gasteiger partial charge in [0, 0.05) is 11.3 Å². The fourth-order valence-corrected chi connectivity index (χ4v) is 8.56. The molecule has 1 aromatic carbocycles. The summed E-state index contributed by atoms with van der Waals surface area (Å²) in [6.07, 6.45) is 5.79. The van der Waals surface area contributed by atoms with Crippen LogP contribution >= 0.6 is 30.3 Å². The Morgan fingerprint density at radius 3 is 1.90 bits per heavy atom. The fraction of sp³-hybridized carbons (Fsp3) is 0.533. The summed E-state index contributed by atoms with van der Waals surface area (Å²) < 4.78 is 13.5. The largest absolute Gasteiger partial charge is 0.315 e. The Bertz CT molecular complexity index is 553. The van der Waals surface area contributed by atoms with E-state index in [1.165, 1.54) is 0 Å². The molecule has 2 heterocycles. The van der Waals surface area contributed by atoms with Crippen LogP contribution < -0.4 is 0 Å². The van der Waals surface area contributed by atoms with Gasteiger partial charge in [0.05, 0.1) is 15.6 Å². The number of carbonyl (C=O) groups excluding carboxylic acids is 1. The highest BCUT2D eigenvalue weighted by Gasteiger charge is 2.51. The van der Waals surface area contributed by atoms with Crippen molar-refractivity contribution in [3.63, 3.8) is 0 Å². The standard InChI is InChI=1S/C15H17Cl2O2P/c16-12-8-3-9-13(17)14(12)15(18)20(19)10-4-1-5-11(20)7-2-6-10/h3,8-11H,1-2,4-7H2. The van der Waals surface area contributed by atoms with Crippen molar-refractivity contribution in [1.29, 1.82) is 0 Å². The van der Waals surface area contributed by atoms with E-state index < -0.39 is 7.14 Å². The van der Waals surface area contributed by atoms with Gasteiger partial charge in [-0.3, -0.25) is 4.79 Å². The van der Waals surface area contributed by atoms with E-state index in [1.807, 2.05) is 0 Å². The van der Waals surface area contributed by atoms with E-state index in [-0.39, 0.29) is 22.4 Å². The molecule has 2 nitrogen and oxygen atoms in total. The first-order chi connectivity index (χ1) is 9.55. The number of benzene rings is 1. The zero-order valence-electron chi connectivity index (χ0n) is 11.1. The number of hydrogen-bond donors (Lipinski definition) is 0. The third-order valence-electron chi connectivity index (χ3n) is 4.73. The van der Waals surface area contributed by atoms with Gasteiger partial charge in [0.15, 0.2) is 7.14 Å². The highest BCUT2D eigenvalue weighted by Crippen LogP contribution is 2.68. The molecule has 2 aliphatic rings. The van der Waals surface area contributed by atoms with Gasteiger partial charge in [0.25, 0.3) is 0 Å². The molecule has 2 bridgehead atoms. The van der Waals surface area contributed by atoms with Gasteiger partial charge >= 0.3 is 0 Å². The quantitative estimate of drug-likeness (QED) is 0.661. The number of hydrogen-bond acceptors (Lipinski definition) is 2. The molecule has 0 amide bonds. The van der Waals surface area contributed by atoms with Gasteiger partial charge in [0.1, 0.15) is 0 Å². The Hall–Kier alpha value is -0.300. The molecule has 0 unspecified atom stereocenters. The molecule has 3 rings (SSSR count). The Morgan fingerprint density at radius 2 is 1.45 bits per heavy atom. The third kappa shape index (κ3) is 2.17. The molecular weight excluding hydrogens is 314 g/mol. The topological polar surface area (TPSA) is 34.1 Å². The maximum Gasteiger partial charge on any atom is 0.224 e. The highest BCUT2D eigenvalue weighted by atomic mass is 35.5. The minimum absolute atomic E-state index is 0.0508. The maximum atomic E-state index is 13.5. The molecule has 0 atom stereocenters. The van der Waals surface area contributed by atoms with Gasteiger partial charge in [-0.15, -0.1) is 0 Å². The summed E-state index contributed by atoms with van der Waals surface area (Å²) in [5.41, 5.74) is 0.102. The molecule has 0 saturated carbocycles. The van der Waals surface area contributed by atoms with Crippen LogP contribution in [0.4, 0.5) is 0 Å². The van der Waals surface area contributed by atoms with Gasteiger partial charge < -0.3 is 4.57 Å². The number of rotatable bonds is 2. The van der Waals surface area contributed by atoms with Gasteiger partial charge in [-0.05, 0) is 37.8 Å². The van der Waals surface area contributed by atoms with Gasteiger partial charge in [-0.2, -0.15) is 0 Å². The summed E-state index contributed by atoms with van der Waals surface area (Å²) in [4.78, 5) is 12.9. The summed E-state index contributed by atoms with van der Waals surface area (Å²) in [5, 5.41) is 0.641. The average Bonchev–Trinajstić information content (AvgIpc) is 2.37. The normalized spacial score (nSPS) is 32.9. The van der Waals surface area contributed by atoms with Crippen LogP contribution in [-0.4, -0.2) is 16.8 Å². The first-order valence-corrected chi connectivity index (χ1v) is 9.73. The van der Waals surface area contributed by atoms with Crippen LogP contribution in [0.15, 0.2) is 18.2 Å². The summed E-state index contributed by atoms with van der Waals surface area (Å²) in [6, 6.07) is 5.00. The van der Waals surface area contributed by atoms with Crippen LogP contribution in [0.1, 0.15) is 48.9 Å². The molecule has 2 saturated heterocycles. The SMILES string of the molecule is O=C(c1c(Cl)cccc1Cl)P1(=O)C2CCCC1CCC2. The monoisotopic (exact) mass is 330 g/mol. The summed E-state index contributed by atoms with van der Waals surface area (Å²) in [7, 11) is -2.90. The van der Waals surface area contributed by atoms with Crippen LogP contribution in [0.25, 0.3) is 0 Å². The molecule has 0 aromatic heterocycles. The summed E-state index contributed by atoms with van der Waals surface area (Å²) in [5.74, 6) is 0. The van der Waals surface area contributed by atoms with E-state index in [2.05, 4.69) is 0 Å². The van der Waals surface area contributed by atoms with Gasteiger partial charge in [-0.25, -0.2) is 0 Å². The van der Waals surface area contributed by atoms with Crippen LogP contribution in [0.3, 0.4) is 0 Å². The maximum absolute atomic E-state index is 13.5. The second-order valence-corrected chi connectivity index (χ2v) is 9.88. The number of fused-ring (bicyclic) bond motifs is 2. The van der Waals surface area contributed by atoms with Crippen LogP contribution in [0, 0.1) is 0 Å². The zero-order chi connectivity index (χ0) is 14.3. The lowest BCUT2D eigenvalue weighted by Crippen LogP contribution is -2.33. The fourth-order valence-electron chi connectivity index (χ4n) is 3.74. The van der Waals surface area contributed by atoms with E-state index in [0.717, 1.165) is 38.5 Å². The van der Waals surface area contributed by atoms with Crippen molar-refractivity contribution in [3.05, 3.63) is 33.8 Å². The number of carbonyl (C=O) groups is 1. The first kappa shape index (κ1) is 14.6. The van der Waals surface area contributed by atoms with Crippen molar-refractivity contribution in [3.8, 4) is 0 Å². The lowest BCUT2D eigenvalue weighted by Gasteiger charge is -2.41. The summed E-state index contributed by atoms with van der Waals surface area (Å²) >= 11 is 12.3. The van der Waals surface area contributed by atoms with Crippen LogP contribution in [0.2, 0.25) is 10.0 Å². The van der Waals surface area contributed by atoms with Crippen molar-refractivity contribution in [1.82, 2.24) is 0 Å². The molecule has 0 aliphatic carbocycles. The van der Waals surface area contributed by atoms with Crippen LogP contribution in [0.5, 0.6) is 0 Å². The molecule has 2 fully saturated rings. The molecule has 1 aromatic rings. The van der Waals surface area contributed by atoms with Crippen molar-refractivity contribution in [2.24, 2.45) is 0 Å². The zero-order valence-corrected chi connectivity index (χ0v) is 13.6. The Labute approximate surface area is 129 Å². The van der Waals surface area contributed by atoms with E-state index in [1.54, 1.807) is 18.2 Å². The molecule has 0 spiro atoms. The lowest BCUT2D eigenvalue weighted by atomic mass is 9.99. The smallest absolute Gasteiger partial charge is 0.224 e. The Balaban J connectivity index is 2.07. The van der Waals surface area contributed by atoms with Crippen molar-refractivity contribution in [2.75, 3.05) is 0 Å².